The zero-order chi connectivity index (χ0) is 20.9. The number of hydrogen-bond acceptors (Lipinski definition) is 6. The van der Waals surface area contributed by atoms with Crippen molar-refractivity contribution in [2.75, 3.05) is 26.6 Å². The predicted octanol–water partition coefficient (Wildman–Crippen LogP) is 3.83. The second-order valence-electron chi connectivity index (χ2n) is 6.40. The van der Waals surface area contributed by atoms with Gasteiger partial charge < -0.3 is 19.2 Å². The SMILES string of the molecule is COc1cccc(S(=O)CCOc2cc(OC)ccc2-c2nc3ncccc3[nH]2)c1. The van der Waals surface area contributed by atoms with Gasteiger partial charge in [-0.3, -0.25) is 4.21 Å². The number of benzene rings is 2. The molecule has 7 nitrogen and oxygen atoms in total. The Kier molecular flexibility index (Phi) is 5.94. The molecule has 30 heavy (non-hydrogen) atoms. The van der Waals surface area contributed by atoms with Crippen molar-refractivity contribution >= 4 is 22.0 Å². The average molecular weight is 423 g/mol. The van der Waals surface area contributed by atoms with Gasteiger partial charge in [-0.1, -0.05) is 6.07 Å². The first-order chi connectivity index (χ1) is 14.7. The summed E-state index contributed by atoms with van der Waals surface area (Å²) in [5, 5.41) is 0. The van der Waals surface area contributed by atoms with Gasteiger partial charge in [0.1, 0.15) is 29.7 Å². The largest absolute Gasteiger partial charge is 0.497 e. The summed E-state index contributed by atoms with van der Waals surface area (Å²) in [6, 6.07) is 16.5. The van der Waals surface area contributed by atoms with Gasteiger partial charge in [-0.25, -0.2) is 9.97 Å². The second-order valence-corrected chi connectivity index (χ2v) is 7.97. The molecule has 2 aromatic heterocycles. The molecule has 2 heterocycles. The molecule has 1 unspecified atom stereocenters. The molecule has 0 amide bonds. The maximum atomic E-state index is 12.6. The molecule has 0 aliphatic carbocycles. The lowest BCUT2D eigenvalue weighted by Gasteiger charge is -2.12. The summed E-state index contributed by atoms with van der Waals surface area (Å²) >= 11 is 0. The van der Waals surface area contributed by atoms with Crippen LogP contribution in [0.2, 0.25) is 0 Å². The number of nitrogens with one attached hydrogen (secondary N) is 1. The Morgan fingerprint density at radius 3 is 2.63 bits per heavy atom. The topological polar surface area (TPSA) is 86.3 Å². The van der Waals surface area contributed by atoms with Gasteiger partial charge in [0.05, 0.1) is 41.9 Å². The third-order valence-electron chi connectivity index (χ3n) is 4.53. The molecule has 0 bridgehead atoms. The molecule has 1 N–H and O–H groups in total. The van der Waals surface area contributed by atoms with Crippen molar-refractivity contribution in [3.63, 3.8) is 0 Å². The third-order valence-corrected chi connectivity index (χ3v) is 5.85. The fraction of sp³-hybridized carbons (Fsp3) is 0.182. The number of H-pyrrole nitrogens is 1. The van der Waals surface area contributed by atoms with E-state index in [2.05, 4.69) is 15.0 Å². The number of hydrogen-bond donors (Lipinski definition) is 1. The van der Waals surface area contributed by atoms with E-state index < -0.39 is 10.8 Å². The lowest BCUT2D eigenvalue weighted by Crippen LogP contribution is -2.09. The number of pyridine rings is 1. The summed E-state index contributed by atoms with van der Waals surface area (Å²) in [4.78, 5) is 12.8. The molecule has 0 aliphatic rings. The fourth-order valence-corrected chi connectivity index (χ4v) is 3.95. The van der Waals surface area contributed by atoms with E-state index in [0.717, 1.165) is 11.1 Å². The molecular formula is C22H21N3O4S. The molecule has 4 rings (SSSR count). The first-order valence-electron chi connectivity index (χ1n) is 9.32. The minimum atomic E-state index is -1.21. The van der Waals surface area contributed by atoms with Crippen LogP contribution in [-0.4, -0.2) is 45.7 Å². The van der Waals surface area contributed by atoms with Gasteiger partial charge in [-0.15, -0.1) is 0 Å². The number of rotatable bonds is 8. The molecule has 0 aliphatic heterocycles. The van der Waals surface area contributed by atoms with Gasteiger partial charge >= 0.3 is 0 Å². The minimum Gasteiger partial charge on any atom is -0.497 e. The molecule has 8 heteroatoms. The number of methoxy groups -OCH3 is 2. The maximum Gasteiger partial charge on any atom is 0.178 e. The Hall–Kier alpha value is -3.39. The summed E-state index contributed by atoms with van der Waals surface area (Å²) in [7, 11) is 1.98. The van der Waals surface area contributed by atoms with Crippen LogP contribution in [0.1, 0.15) is 0 Å². The van der Waals surface area contributed by atoms with Gasteiger partial charge in [0.2, 0.25) is 0 Å². The van der Waals surface area contributed by atoms with E-state index in [-0.39, 0.29) is 6.61 Å². The lowest BCUT2D eigenvalue weighted by atomic mass is 10.2. The fourth-order valence-electron chi connectivity index (χ4n) is 3.01. The van der Waals surface area contributed by atoms with E-state index >= 15 is 0 Å². The normalized spacial score (nSPS) is 11.9. The van der Waals surface area contributed by atoms with E-state index in [0.29, 0.717) is 39.4 Å². The molecule has 0 radical (unpaired) electrons. The quantitative estimate of drug-likeness (QED) is 0.464. The van der Waals surface area contributed by atoms with Gasteiger partial charge in [0, 0.05) is 17.2 Å². The van der Waals surface area contributed by atoms with Crippen LogP contribution in [0.5, 0.6) is 17.2 Å². The molecular weight excluding hydrogens is 402 g/mol. The first kappa shape index (κ1) is 19.9. The van der Waals surface area contributed by atoms with Crippen molar-refractivity contribution in [3.8, 4) is 28.6 Å². The molecule has 0 saturated heterocycles. The van der Waals surface area contributed by atoms with Gasteiger partial charge in [0.15, 0.2) is 5.65 Å². The van der Waals surface area contributed by atoms with Crippen LogP contribution in [0.15, 0.2) is 65.7 Å². The summed E-state index contributed by atoms with van der Waals surface area (Å²) in [5.41, 5.74) is 2.25. The van der Waals surface area contributed by atoms with E-state index in [1.807, 2.05) is 42.5 Å². The van der Waals surface area contributed by atoms with Crippen LogP contribution in [0, 0.1) is 0 Å². The summed E-state index contributed by atoms with van der Waals surface area (Å²) in [6.45, 7) is 0.266. The summed E-state index contributed by atoms with van der Waals surface area (Å²) in [6.07, 6.45) is 1.70. The highest BCUT2D eigenvalue weighted by Gasteiger charge is 2.14. The number of imidazole rings is 1. The summed E-state index contributed by atoms with van der Waals surface area (Å²) < 4.78 is 29.1. The van der Waals surface area contributed by atoms with Crippen LogP contribution >= 0.6 is 0 Å². The van der Waals surface area contributed by atoms with Crippen LogP contribution < -0.4 is 14.2 Å². The van der Waals surface area contributed by atoms with Gasteiger partial charge in [-0.2, -0.15) is 0 Å². The Morgan fingerprint density at radius 2 is 1.83 bits per heavy atom. The van der Waals surface area contributed by atoms with Crippen molar-refractivity contribution in [3.05, 3.63) is 60.8 Å². The average Bonchev–Trinajstić information content (AvgIpc) is 3.23. The Labute approximate surface area is 176 Å². The van der Waals surface area contributed by atoms with Crippen LogP contribution in [-0.2, 0) is 10.8 Å². The smallest absolute Gasteiger partial charge is 0.178 e. The van der Waals surface area contributed by atoms with Crippen LogP contribution in [0.25, 0.3) is 22.6 Å². The number of nitrogens with zero attached hydrogens (tertiary/aromatic N) is 2. The molecule has 1 atom stereocenters. The lowest BCUT2D eigenvalue weighted by molar-refractivity contribution is 0.339. The number of aromatic nitrogens is 3. The highest BCUT2D eigenvalue weighted by molar-refractivity contribution is 7.85. The van der Waals surface area contributed by atoms with E-state index in [1.165, 1.54) is 0 Å². The molecule has 4 aromatic rings. The second kappa shape index (κ2) is 8.96. The molecule has 0 saturated carbocycles. The van der Waals surface area contributed by atoms with Crippen LogP contribution in [0.4, 0.5) is 0 Å². The van der Waals surface area contributed by atoms with Crippen molar-refractivity contribution in [2.45, 2.75) is 4.90 Å². The Bertz CT molecular complexity index is 1160. The molecule has 2 aromatic carbocycles. The van der Waals surface area contributed by atoms with E-state index in [9.17, 15) is 4.21 Å². The highest BCUT2D eigenvalue weighted by Crippen LogP contribution is 2.32. The zero-order valence-corrected chi connectivity index (χ0v) is 17.4. The monoisotopic (exact) mass is 423 g/mol. The number of fused-ring (bicyclic) bond motifs is 1. The number of aromatic amines is 1. The third kappa shape index (κ3) is 4.28. The molecule has 0 fully saturated rings. The predicted molar refractivity (Wildman–Crippen MR) is 116 cm³/mol. The van der Waals surface area contributed by atoms with E-state index in [1.54, 1.807) is 32.5 Å². The molecule has 154 valence electrons. The van der Waals surface area contributed by atoms with Crippen molar-refractivity contribution in [1.29, 1.82) is 0 Å². The first-order valence-corrected chi connectivity index (χ1v) is 10.6. The Morgan fingerprint density at radius 1 is 1.00 bits per heavy atom. The minimum absolute atomic E-state index is 0.266. The van der Waals surface area contributed by atoms with Gasteiger partial charge in [-0.05, 0) is 42.5 Å². The summed E-state index contributed by atoms with van der Waals surface area (Å²) in [5.74, 6) is 2.92. The highest BCUT2D eigenvalue weighted by atomic mass is 32.2. The Balaban J connectivity index is 1.53. The van der Waals surface area contributed by atoms with E-state index in [4.69, 9.17) is 14.2 Å². The van der Waals surface area contributed by atoms with Crippen LogP contribution in [0.3, 0.4) is 0 Å². The molecule has 0 spiro atoms. The van der Waals surface area contributed by atoms with Gasteiger partial charge in [0.25, 0.3) is 0 Å². The van der Waals surface area contributed by atoms with Crippen molar-refractivity contribution in [2.24, 2.45) is 0 Å². The standard InChI is InChI=1S/C22H21N3O4S/c1-27-15-5-3-6-17(13-15)30(26)12-11-29-20-14-16(28-2)8-9-18(20)21-24-19-7-4-10-23-22(19)25-21/h3-10,13-14H,11-12H2,1-2H3,(H,23,24,25). The zero-order valence-electron chi connectivity index (χ0n) is 16.6. The van der Waals surface area contributed by atoms with Crippen molar-refractivity contribution in [1.82, 2.24) is 15.0 Å². The number of ether oxygens (including phenoxy) is 3. The maximum absolute atomic E-state index is 12.6. The van der Waals surface area contributed by atoms with Crippen molar-refractivity contribution < 1.29 is 18.4 Å².